The van der Waals surface area contributed by atoms with E-state index < -0.39 is 15.6 Å². The fraction of sp³-hybridized carbons (Fsp3) is 0.241. The molecular formula is C58H63N15O6S. The van der Waals surface area contributed by atoms with Crippen molar-refractivity contribution in [1.29, 1.82) is 0 Å². The minimum Gasteiger partial charge on any atom is -0.494 e. The zero-order chi connectivity index (χ0) is 56.6. The van der Waals surface area contributed by atoms with Crippen LogP contribution in [0.2, 0.25) is 0 Å². The molecule has 4 aromatic carbocycles. The summed E-state index contributed by atoms with van der Waals surface area (Å²) in [6, 6.07) is 32.0. The van der Waals surface area contributed by atoms with Crippen molar-refractivity contribution in [2.75, 3.05) is 103 Å². The van der Waals surface area contributed by atoms with E-state index in [9.17, 15) is 18.0 Å². The zero-order valence-electron chi connectivity index (χ0n) is 45.2. The molecule has 4 aromatic heterocycles. The standard InChI is InChI=1S/C33H36N6O4.C25H27N9O2S/c1-6-29(40)35-24-11-7-9-22(19-24)26-12-8-10-23-21-34-31(37-30(23)26)36-27-14-13-25(20-28(27)42-5)38-15-17-39(18-16-38)32(41)43-33(2,3)4;1-3-37(35,36)32-18-6-4-5-17(15-18)22-23-20(9-10-27-22)24(26)31-25(30-23)29-19-7-8-21(28-16-19)34-13-11-33(2)12-14-34/h6-14,19-21H,1,15-18H2,2-5H3,(H,35,40)(H,34,36,37);3-10,15-16,32H,1,11-14H2,2H3,(H3,26,29,30,31). The molecule has 10 rings (SSSR count). The molecule has 8 aromatic rings. The predicted molar refractivity (Wildman–Crippen MR) is 317 cm³/mol. The number of hydrogen-bond acceptors (Lipinski definition) is 18. The van der Waals surface area contributed by atoms with E-state index in [1.807, 2.05) is 99.6 Å². The number of piperazine rings is 2. The van der Waals surface area contributed by atoms with Gasteiger partial charge in [0.1, 0.15) is 28.5 Å². The number of nitrogen functional groups attached to an aromatic ring is 1. The van der Waals surface area contributed by atoms with Crippen LogP contribution in [0.15, 0.2) is 146 Å². The molecule has 80 heavy (non-hydrogen) atoms. The Kier molecular flexibility index (Phi) is 16.7. The first-order chi connectivity index (χ1) is 38.4. The van der Waals surface area contributed by atoms with Gasteiger partial charge in [0.05, 0.1) is 35.9 Å². The molecule has 2 aliphatic rings. The van der Waals surface area contributed by atoms with Crippen molar-refractivity contribution in [3.05, 3.63) is 146 Å². The van der Waals surface area contributed by atoms with Crippen molar-refractivity contribution < 1.29 is 27.5 Å². The number of hydrogen-bond donors (Lipinski definition) is 5. The third-order valence-corrected chi connectivity index (χ3v) is 14.0. The number of amides is 2. The van der Waals surface area contributed by atoms with E-state index in [1.165, 1.54) is 6.08 Å². The van der Waals surface area contributed by atoms with Gasteiger partial charge < -0.3 is 50.8 Å². The second kappa shape index (κ2) is 24.1. The number of pyridine rings is 2. The average Bonchev–Trinajstić information content (AvgIpc) is 3.45. The number of benzene rings is 4. The van der Waals surface area contributed by atoms with E-state index in [-0.39, 0.29) is 12.0 Å². The SMILES string of the molecule is C=CC(=O)Nc1cccc(-c2cccc3cnc(Nc4ccc(N5CCN(C(=O)OC(C)(C)C)CC5)cc4OC)nc23)c1.C=CS(=O)(=O)Nc1cccc(-c2nccc3c(N)nc(Nc4ccc(N5CCN(C)CC5)nc4)nc23)c1. The number of sulfonamides is 1. The maximum atomic E-state index is 12.5. The average molecular weight is 1100 g/mol. The molecule has 412 valence electrons. The van der Waals surface area contributed by atoms with Crippen LogP contribution in [0.5, 0.6) is 5.75 Å². The monoisotopic (exact) mass is 1100 g/mol. The lowest BCUT2D eigenvalue weighted by Crippen LogP contribution is -2.50. The van der Waals surface area contributed by atoms with Gasteiger partial charge in [0.2, 0.25) is 17.8 Å². The predicted octanol–water partition coefficient (Wildman–Crippen LogP) is 9.28. The smallest absolute Gasteiger partial charge is 0.410 e. The molecule has 0 radical (unpaired) electrons. The molecule has 2 aliphatic heterocycles. The highest BCUT2D eigenvalue weighted by molar-refractivity contribution is 7.95. The van der Waals surface area contributed by atoms with Crippen molar-refractivity contribution in [1.82, 2.24) is 39.7 Å². The van der Waals surface area contributed by atoms with Crippen molar-refractivity contribution in [2.24, 2.45) is 0 Å². The number of nitrogens with zero attached hydrogens (tertiary/aromatic N) is 10. The fourth-order valence-electron chi connectivity index (χ4n) is 8.97. The lowest BCUT2D eigenvalue weighted by atomic mass is 10.0. The molecule has 6 N–H and O–H groups in total. The molecule has 2 fully saturated rings. The van der Waals surface area contributed by atoms with E-state index in [0.717, 1.165) is 76.5 Å². The van der Waals surface area contributed by atoms with Crippen LogP contribution in [0, 0.1) is 0 Å². The lowest BCUT2D eigenvalue weighted by molar-refractivity contribution is -0.111. The third-order valence-electron chi connectivity index (χ3n) is 13.1. The topological polar surface area (TPSA) is 251 Å². The van der Waals surface area contributed by atoms with E-state index in [0.29, 0.717) is 83.2 Å². The molecule has 0 unspecified atom stereocenters. The number of para-hydroxylation sites is 1. The minimum atomic E-state index is -3.65. The first kappa shape index (κ1) is 55.3. The van der Waals surface area contributed by atoms with E-state index in [1.54, 1.807) is 54.9 Å². The van der Waals surface area contributed by atoms with Gasteiger partial charge in [-0.3, -0.25) is 14.5 Å². The Bertz CT molecular complexity index is 3690. The highest BCUT2D eigenvalue weighted by Gasteiger charge is 2.27. The Morgan fingerprint density at radius 2 is 1.43 bits per heavy atom. The van der Waals surface area contributed by atoms with Gasteiger partial charge in [0.15, 0.2) is 0 Å². The number of likely N-dealkylation sites (N-methyl/N-ethyl adjacent to an activating group) is 1. The third kappa shape index (κ3) is 13.6. The number of aromatic nitrogens is 6. The zero-order valence-corrected chi connectivity index (χ0v) is 46.0. The summed E-state index contributed by atoms with van der Waals surface area (Å²) < 4.78 is 37.5. The van der Waals surface area contributed by atoms with Gasteiger partial charge in [0.25, 0.3) is 10.0 Å². The van der Waals surface area contributed by atoms with Crippen LogP contribution in [-0.2, 0) is 19.6 Å². The van der Waals surface area contributed by atoms with Gasteiger partial charge >= 0.3 is 6.09 Å². The first-order valence-corrected chi connectivity index (χ1v) is 27.3. The van der Waals surface area contributed by atoms with Crippen molar-refractivity contribution >= 4 is 95.8 Å². The van der Waals surface area contributed by atoms with E-state index in [4.69, 9.17) is 20.2 Å². The number of nitrogens with one attached hydrogen (secondary N) is 4. The molecule has 0 spiro atoms. The minimum absolute atomic E-state index is 0.271. The molecule has 2 amide bonds. The maximum Gasteiger partial charge on any atom is 0.410 e. The summed E-state index contributed by atoms with van der Waals surface area (Å²) in [7, 11) is 0.0990. The Labute approximate surface area is 464 Å². The molecule has 0 saturated carbocycles. The van der Waals surface area contributed by atoms with Crippen molar-refractivity contribution in [3.8, 4) is 28.1 Å². The number of rotatable bonds is 14. The van der Waals surface area contributed by atoms with Gasteiger partial charge in [-0.1, -0.05) is 55.6 Å². The van der Waals surface area contributed by atoms with Gasteiger partial charge in [-0.05, 0) is 94.1 Å². The maximum absolute atomic E-state index is 12.5. The number of fused-ring (bicyclic) bond motifs is 2. The summed E-state index contributed by atoms with van der Waals surface area (Å²) in [5, 5.41) is 11.7. The number of ether oxygens (including phenoxy) is 2. The molecule has 0 bridgehead atoms. The number of carbonyl (C=O) groups excluding carboxylic acids is 2. The summed E-state index contributed by atoms with van der Waals surface area (Å²) in [5.41, 5.74) is 13.6. The first-order valence-electron chi connectivity index (χ1n) is 25.8. The van der Waals surface area contributed by atoms with Crippen molar-refractivity contribution in [2.45, 2.75) is 26.4 Å². The summed E-state index contributed by atoms with van der Waals surface area (Å²) >= 11 is 0. The summed E-state index contributed by atoms with van der Waals surface area (Å²) in [5.74, 6) is 2.32. The van der Waals surface area contributed by atoms with Crippen LogP contribution in [0.1, 0.15) is 20.8 Å². The van der Waals surface area contributed by atoms with Gasteiger partial charge in [-0.15, -0.1) is 0 Å². The molecule has 22 heteroatoms. The largest absolute Gasteiger partial charge is 0.494 e. The number of nitrogens with two attached hydrogens (primary N) is 1. The Hall–Kier alpha value is -9.41. The van der Waals surface area contributed by atoms with Crippen LogP contribution in [0.3, 0.4) is 0 Å². The Morgan fingerprint density at radius 3 is 2.14 bits per heavy atom. The van der Waals surface area contributed by atoms with Gasteiger partial charge in [-0.2, -0.15) is 4.98 Å². The molecule has 0 aliphatic carbocycles. The second-order valence-corrected chi connectivity index (χ2v) is 21.5. The van der Waals surface area contributed by atoms with E-state index in [2.05, 4.69) is 80.5 Å². The molecule has 0 atom stereocenters. The van der Waals surface area contributed by atoms with Crippen LogP contribution in [-0.4, -0.2) is 132 Å². The highest BCUT2D eigenvalue weighted by atomic mass is 32.2. The van der Waals surface area contributed by atoms with Crippen LogP contribution in [0.4, 0.5) is 56.8 Å². The van der Waals surface area contributed by atoms with Gasteiger partial charge in [0, 0.05) is 115 Å². The normalized spacial score (nSPS) is 13.9. The van der Waals surface area contributed by atoms with E-state index >= 15 is 0 Å². The molecular weight excluding hydrogens is 1030 g/mol. The lowest BCUT2D eigenvalue weighted by Gasteiger charge is -2.37. The quantitative estimate of drug-likeness (QED) is 0.0636. The van der Waals surface area contributed by atoms with Crippen LogP contribution >= 0.6 is 0 Å². The molecule has 21 nitrogen and oxygen atoms in total. The van der Waals surface area contributed by atoms with Crippen LogP contribution < -0.4 is 40.9 Å². The number of carbonyl (C=O) groups is 2. The summed E-state index contributed by atoms with van der Waals surface area (Å²) in [6.07, 6.45) is 6.10. The van der Waals surface area contributed by atoms with Crippen molar-refractivity contribution in [3.63, 3.8) is 0 Å². The van der Waals surface area contributed by atoms with Gasteiger partial charge in [-0.25, -0.2) is 33.1 Å². The summed E-state index contributed by atoms with van der Waals surface area (Å²) in [6.45, 7) is 18.9. The highest BCUT2D eigenvalue weighted by Crippen LogP contribution is 2.35. The molecule has 2 saturated heterocycles. The number of anilines is 9. The Balaban J connectivity index is 0.000000196. The fourth-order valence-corrected chi connectivity index (χ4v) is 9.51. The molecule has 6 heterocycles. The Morgan fingerprint density at radius 1 is 0.713 bits per heavy atom. The van der Waals surface area contributed by atoms with Crippen LogP contribution in [0.25, 0.3) is 44.2 Å². The summed E-state index contributed by atoms with van der Waals surface area (Å²) in [4.78, 5) is 60.4. The number of methoxy groups -OCH3 is 1. The second-order valence-electron chi connectivity index (χ2n) is 19.9.